The second-order valence-electron chi connectivity index (χ2n) is 6.17. The zero-order valence-electron chi connectivity index (χ0n) is 13.0. The lowest BCUT2D eigenvalue weighted by atomic mass is 9.65. The molecular weight excluding hydrogens is 369 g/mol. The van der Waals surface area contributed by atoms with Crippen molar-refractivity contribution in [2.75, 3.05) is 13.6 Å². The molecule has 2 rings (SSSR count). The van der Waals surface area contributed by atoms with Crippen molar-refractivity contribution in [1.82, 2.24) is 20.4 Å². The maximum absolute atomic E-state index is 5.09. The average Bonchev–Trinajstić information content (AvgIpc) is 2.74. The van der Waals surface area contributed by atoms with Crippen molar-refractivity contribution in [2.24, 2.45) is 10.4 Å². The molecule has 0 bridgehead atoms. The first kappa shape index (κ1) is 17.2. The van der Waals surface area contributed by atoms with E-state index in [-0.39, 0.29) is 34.9 Å². The molecule has 1 aromatic heterocycles. The van der Waals surface area contributed by atoms with Crippen LogP contribution in [-0.2, 0) is 6.54 Å². The van der Waals surface area contributed by atoms with Crippen LogP contribution in [0.3, 0.4) is 0 Å². The molecule has 1 aliphatic heterocycles. The number of likely N-dealkylation sites (tertiary alicyclic amines) is 1. The molecule has 0 amide bonds. The molecule has 7 heteroatoms. The minimum absolute atomic E-state index is 0. The molecule has 0 aromatic carbocycles. The van der Waals surface area contributed by atoms with E-state index in [1.807, 2.05) is 6.92 Å². The minimum Gasteiger partial charge on any atom is -0.347 e. The number of aryl methyl sites for hydroxylation is 1. The molecule has 2 heterocycles. The number of hydrogen-bond acceptors (Lipinski definition) is 4. The van der Waals surface area contributed by atoms with Crippen LogP contribution in [0.25, 0.3) is 0 Å². The van der Waals surface area contributed by atoms with Gasteiger partial charge in [0.1, 0.15) is 0 Å². The smallest absolute Gasteiger partial charge is 0.246 e. The molecule has 1 N–H and O–H groups in total. The van der Waals surface area contributed by atoms with Gasteiger partial charge in [-0.15, -0.1) is 24.0 Å². The van der Waals surface area contributed by atoms with Crippen LogP contribution in [0.4, 0.5) is 0 Å². The predicted octanol–water partition coefficient (Wildman–Crippen LogP) is 2.19. The third kappa shape index (κ3) is 2.91. The first-order valence-corrected chi connectivity index (χ1v) is 6.55. The largest absolute Gasteiger partial charge is 0.347 e. The molecule has 0 aliphatic carbocycles. The molecule has 0 radical (unpaired) electrons. The second-order valence-corrected chi connectivity index (χ2v) is 6.17. The highest BCUT2D eigenvalue weighted by atomic mass is 127. The Bertz CT molecular complexity index is 495. The number of guanidine groups is 1. The first-order valence-electron chi connectivity index (χ1n) is 6.55. The highest BCUT2D eigenvalue weighted by molar-refractivity contribution is 14.0. The van der Waals surface area contributed by atoms with Gasteiger partial charge < -0.3 is 14.7 Å². The van der Waals surface area contributed by atoms with Crippen LogP contribution in [0.1, 0.15) is 39.4 Å². The molecule has 1 fully saturated rings. The number of aliphatic imine (C=N–C) groups is 1. The molecule has 114 valence electrons. The van der Waals surface area contributed by atoms with E-state index in [9.17, 15) is 0 Å². The van der Waals surface area contributed by atoms with Crippen molar-refractivity contribution in [3.8, 4) is 0 Å². The summed E-state index contributed by atoms with van der Waals surface area (Å²) >= 11 is 0. The standard InChI is InChI=1S/C13H23N5O.HI/c1-9-16-10(19-17-9)7-15-11(14-6)18-8-12(2,3)13(18,4)5;/h7-8H2,1-6H3,(H,14,15);1H. The van der Waals surface area contributed by atoms with E-state index < -0.39 is 0 Å². The predicted molar refractivity (Wildman–Crippen MR) is 89.2 cm³/mol. The summed E-state index contributed by atoms with van der Waals surface area (Å²) in [5, 5.41) is 7.05. The van der Waals surface area contributed by atoms with E-state index in [1.54, 1.807) is 7.05 Å². The van der Waals surface area contributed by atoms with E-state index in [1.165, 1.54) is 0 Å². The summed E-state index contributed by atoms with van der Waals surface area (Å²) in [5.74, 6) is 2.11. The zero-order chi connectivity index (χ0) is 14.3. The van der Waals surface area contributed by atoms with E-state index in [2.05, 4.69) is 53.0 Å². The normalized spacial score (nSPS) is 20.1. The Hall–Kier alpha value is -0.860. The molecule has 0 atom stereocenters. The molecule has 20 heavy (non-hydrogen) atoms. The van der Waals surface area contributed by atoms with E-state index in [4.69, 9.17) is 4.52 Å². The zero-order valence-corrected chi connectivity index (χ0v) is 15.3. The van der Waals surface area contributed by atoms with Crippen LogP contribution < -0.4 is 5.32 Å². The molecule has 1 saturated heterocycles. The first-order chi connectivity index (χ1) is 8.78. The van der Waals surface area contributed by atoms with Crippen LogP contribution in [0, 0.1) is 12.3 Å². The summed E-state index contributed by atoms with van der Waals surface area (Å²) in [7, 11) is 1.79. The van der Waals surface area contributed by atoms with Crippen molar-refractivity contribution in [3.05, 3.63) is 11.7 Å². The Balaban J connectivity index is 0.00000200. The number of hydrogen-bond donors (Lipinski definition) is 1. The van der Waals surface area contributed by atoms with Crippen molar-refractivity contribution < 1.29 is 4.52 Å². The third-order valence-electron chi connectivity index (χ3n) is 4.32. The lowest BCUT2D eigenvalue weighted by molar-refractivity contribution is -0.0668. The molecule has 6 nitrogen and oxygen atoms in total. The Kier molecular flexibility index (Phi) is 5.04. The second kappa shape index (κ2) is 5.87. The fourth-order valence-corrected chi connectivity index (χ4v) is 2.26. The van der Waals surface area contributed by atoms with Gasteiger partial charge >= 0.3 is 0 Å². The van der Waals surface area contributed by atoms with Crippen LogP contribution in [0.15, 0.2) is 9.52 Å². The number of nitrogens with one attached hydrogen (secondary N) is 1. The minimum atomic E-state index is 0. The monoisotopic (exact) mass is 393 g/mol. The number of halogens is 1. The summed E-state index contributed by atoms with van der Waals surface area (Å²) in [6, 6.07) is 0. The highest BCUT2D eigenvalue weighted by Crippen LogP contribution is 2.46. The van der Waals surface area contributed by atoms with Gasteiger partial charge in [-0.1, -0.05) is 19.0 Å². The quantitative estimate of drug-likeness (QED) is 0.474. The Morgan fingerprint density at radius 1 is 1.40 bits per heavy atom. The van der Waals surface area contributed by atoms with Gasteiger partial charge in [0.15, 0.2) is 11.8 Å². The van der Waals surface area contributed by atoms with Gasteiger partial charge in [0.05, 0.1) is 6.54 Å². The molecule has 1 aromatic rings. The molecule has 1 aliphatic rings. The van der Waals surface area contributed by atoms with Gasteiger partial charge in [-0.2, -0.15) is 4.98 Å². The lowest BCUT2D eigenvalue weighted by Gasteiger charge is -2.62. The molecule has 0 unspecified atom stereocenters. The summed E-state index contributed by atoms with van der Waals surface area (Å²) in [4.78, 5) is 10.8. The summed E-state index contributed by atoms with van der Waals surface area (Å²) in [6.45, 7) is 12.3. The Morgan fingerprint density at radius 2 is 2.05 bits per heavy atom. The fourth-order valence-electron chi connectivity index (χ4n) is 2.26. The van der Waals surface area contributed by atoms with Gasteiger partial charge in [-0.3, -0.25) is 4.99 Å². The summed E-state index contributed by atoms with van der Waals surface area (Å²) in [6.07, 6.45) is 0. The van der Waals surface area contributed by atoms with Crippen molar-refractivity contribution in [2.45, 2.75) is 46.7 Å². The van der Waals surface area contributed by atoms with E-state index >= 15 is 0 Å². The van der Waals surface area contributed by atoms with Gasteiger partial charge in [0.2, 0.25) is 5.89 Å². The van der Waals surface area contributed by atoms with E-state index in [0.717, 1.165) is 12.5 Å². The van der Waals surface area contributed by atoms with E-state index in [0.29, 0.717) is 18.3 Å². The Labute approximate surface area is 137 Å². The fraction of sp³-hybridized carbons (Fsp3) is 0.769. The van der Waals surface area contributed by atoms with Crippen molar-refractivity contribution >= 4 is 29.9 Å². The van der Waals surface area contributed by atoms with Crippen LogP contribution in [0.2, 0.25) is 0 Å². The van der Waals surface area contributed by atoms with Gasteiger partial charge in [0.25, 0.3) is 0 Å². The third-order valence-corrected chi connectivity index (χ3v) is 4.32. The van der Waals surface area contributed by atoms with Crippen LogP contribution in [0.5, 0.6) is 0 Å². The van der Waals surface area contributed by atoms with Crippen LogP contribution >= 0.6 is 24.0 Å². The summed E-state index contributed by atoms with van der Waals surface area (Å²) in [5.41, 5.74) is 0.366. The van der Waals surface area contributed by atoms with Crippen molar-refractivity contribution in [1.29, 1.82) is 0 Å². The molecular formula is C13H24IN5O. The molecule has 0 spiro atoms. The maximum atomic E-state index is 5.09. The Morgan fingerprint density at radius 3 is 2.45 bits per heavy atom. The lowest BCUT2D eigenvalue weighted by Crippen LogP contribution is -2.72. The highest BCUT2D eigenvalue weighted by Gasteiger charge is 2.53. The average molecular weight is 393 g/mol. The maximum Gasteiger partial charge on any atom is 0.246 e. The topological polar surface area (TPSA) is 66.5 Å². The number of rotatable bonds is 2. The summed E-state index contributed by atoms with van der Waals surface area (Å²) < 4.78 is 5.09. The van der Waals surface area contributed by atoms with Gasteiger partial charge in [-0.05, 0) is 20.8 Å². The molecule has 0 saturated carbocycles. The van der Waals surface area contributed by atoms with Crippen molar-refractivity contribution in [3.63, 3.8) is 0 Å². The van der Waals surface area contributed by atoms with Gasteiger partial charge in [-0.25, -0.2) is 0 Å². The number of aromatic nitrogens is 2. The van der Waals surface area contributed by atoms with Gasteiger partial charge in [0, 0.05) is 24.5 Å². The SMILES string of the molecule is CN=C(NCc1nc(C)no1)N1CC(C)(C)C1(C)C.I. The van der Waals surface area contributed by atoms with Crippen LogP contribution in [-0.4, -0.2) is 40.1 Å². The number of nitrogens with zero attached hydrogens (tertiary/aromatic N) is 4.